The standard InChI is InChI=1S/C14H16Cl2N4O/c1-10(8-20-9-12(16)7-18-20)6-17-14(21)19-13-4-2-3-11(15)5-13/h2-5,7,9-10H,6,8H2,1H3,(H2,17,19,21)/t10-/m1/s1. The number of amides is 2. The summed E-state index contributed by atoms with van der Waals surface area (Å²) in [6.07, 6.45) is 3.34. The maximum atomic E-state index is 11.8. The molecule has 1 atom stereocenters. The first kappa shape index (κ1) is 15.7. The number of nitrogens with zero attached hydrogens (tertiary/aromatic N) is 2. The molecule has 0 aliphatic rings. The molecule has 0 spiro atoms. The minimum atomic E-state index is -0.261. The monoisotopic (exact) mass is 326 g/mol. The van der Waals surface area contributed by atoms with Crippen LogP contribution in [0, 0.1) is 5.92 Å². The van der Waals surface area contributed by atoms with Crippen molar-refractivity contribution in [3.63, 3.8) is 0 Å². The third-order valence-electron chi connectivity index (χ3n) is 2.79. The average Bonchev–Trinajstić information content (AvgIpc) is 2.82. The van der Waals surface area contributed by atoms with Crippen LogP contribution in [0.1, 0.15) is 6.92 Å². The van der Waals surface area contributed by atoms with Gasteiger partial charge >= 0.3 is 6.03 Å². The fourth-order valence-electron chi connectivity index (χ4n) is 1.83. The molecule has 1 aromatic heterocycles. The number of hydrogen-bond donors (Lipinski definition) is 2. The van der Waals surface area contributed by atoms with Gasteiger partial charge in [-0.15, -0.1) is 0 Å². The summed E-state index contributed by atoms with van der Waals surface area (Å²) in [5, 5.41) is 10.8. The number of urea groups is 1. The van der Waals surface area contributed by atoms with Crippen molar-refractivity contribution in [2.45, 2.75) is 13.5 Å². The van der Waals surface area contributed by atoms with Crippen molar-refractivity contribution in [3.8, 4) is 0 Å². The van der Waals surface area contributed by atoms with Gasteiger partial charge in [-0.1, -0.05) is 36.2 Å². The Morgan fingerprint density at radius 2 is 2.19 bits per heavy atom. The number of aromatic nitrogens is 2. The Morgan fingerprint density at radius 3 is 2.86 bits per heavy atom. The second kappa shape index (κ2) is 7.33. The first-order chi connectivity index (χ1) is 10.0. The molecular weight excluding hydrogens is 311 g/mol. The second-order valence-corrected chi connectivity index (χ2v) is 5.70. The van der Waals surface area contributed by atoms with Crippen molar-refractivity contribution in [1.82, 2.24) is 15.1 Å². The number of carbonyl (C=O) groups excluding carboxylic acids is 1. The van der Waals surface area contributed by atoms with Crippen LogP contribution in [0.5, 0.6) is 0 Å². The van der Waals surface area contributed by atoms with Crippen molar-refractivity contribution in [1.29, 1.82) is 0 Å². The summed E-state index contributed by atoms with van der Waals surface area (Å²) >= 11 is 11.7. The first-order valence-corrected chi connectivity index (χ1v) is 7.27. The minimum absolute atomic E-state index is 0.228. The van der Waals surface area contributed by atoms with Gasteiger partial charge in [-0.3, -0.25) is 4.68 Å². The molecule has 2 aromatic rings. The van der Waals surface area contributed by atoms with Gasteiger partial charge in [0.2, 0.25) is 0 Å². The van der Waals surface area contributed by atoms with Gasteiger partial charge in [0.1, 0.15) is 0 Å². The van der Waals surface area contributed by atoms with E-state index in [0.717, 1.165) is 0 Å². The van der Waals surface area contributed by atoms with Crippen molar-refractivity contribution in [2.24, 2.45) is 5.92 Å². The molecule has 21 heavy (non-hydrogen) atoms. The highest BCUT2D eigenvalue weighted by Crippen LogP contribution is 2.14. The molecule has 0 radical (unpaired) electrons. The van der Waals surface area contributed by atoms with E-state index in [1.165, 1.54) is 0 Å². The van der Waals surface area contributed by atoms with Crippen LogP contribution in [0.25, 0.3) is 0 Å². The molecule has 1 aromatic carbocycles. The highest BCUT2D eigenvalue weighted by molar-refractivity contribution is 6.31. The first-order valence-electron chi connectivity index (χ1n) is 6.51. The fraction of sp³-hybridized carbons (Fsp3) is 0.286. The summed E-state index contributed by atoms with van der Waals surface area (Å²) in [7, 11) is 0. The van der Waals surface area contributed by atoms with Crippen molar-refractivity contribution in [2.75, 3.05) is 11.9 Å². The molecule has 2 amide bonds. The summed E-state index contributed by atoms with van der Waals surface area (Å²) in [4.78, 5) is 11.8. The van der Waals surface area contributed by atoms with Crippen LogP contribution in [0.3, 0.4) is 0 Å². The van der Waals surface area contributed by atoms with Gasteiger partial charge < -0.3 is 10.6 Å². The van der Waals surface area contributed by atoms with Gasteiger partial charge in [0.05, 0.1) is 11.2 Å². The van der Waals surface area contributed by atoms with Crippen LogP contribution >= 0.6 is 23.2 Å². The molecule has 2 rings (SSSR count). The summed E-state index contributed by atoms with van der Waals surface area (Å²) in [5.41, 5.74) is 0.659. The lowest BCUT2D eigenvalue weighted by atomic mass is 10.2. The van der Waals surface area contributed by atoms with Gasteiger partial charge in [-0.25, -0.2) is 4.79 Å². The van der Waals surface area contributed by atoms with Gasteiger partial charge in [0.15, 0.2) is 0 Å². The number of benzene rings is 1. The average molecular weight is 327 g/mol. The third kappa shape index (κ3) is 5.28. The molecule has 112 valence electrons. The van der Waals surface area contributed by atoms with Gasteiger partial charge in [-0.2, -0.15) is 5.10 Å². The predicted octanol–water partition coefficient (Wildman–Crippen LogP) is 3.65. The zero-order valence-corrected chi connectivity index (χ0v) is 13.0. The number of halogens is 2. The van der Waals surface area contributed by atoms with E-state index in [-0.39, 0.29) is 11.9 Å². The molecule has 5 nitrogen and oxygen atoms in total. The van der Waals surface area contributed by atoms with Crippen LogP contribution in [-0.2, 0) is 6.54 Å². The smallest absolute Gasteiger partial charge is 0.319 e. The van der Waals surface area contributed by atoms with Crippen molar-refractivity contribution >= 4 is 34.9 Å². The van der Waals surface area contributed by atoms with E-state index in [9.17, 15) is 4.79 Å². The number of nitrogens with one attached hydrogen (secondary N) is 2. The Kier molecular flexibility index (Phi) is 5.47. The van der Waals surface area contributed by atoms with E-state index < -0.39 is 0 Å². The molecule has 0 fully saturated rings. The quantitative estimate of drug-likeness (QED) is 0.881. The highest BCUT2D eigenvalue weighted by Gasteiger charge is 2.07. The lowest BCUT2D eigenvalue weighted by Crippen LogP contribution is -2.33. The molecule has 0 saturated heterocycles. The molecule has 0 unspecified atom stereocenters. The van der Waals surface area contributed by atoms with Crippen LogP contribution < -0.4 is 10.6 Å². The number of carbonyl (C=O) groups is 1. The summed E-state index contributed by atoms with van der Waals surface area (Å²) in [5.74, 6) is 0.228. The van der Waals surface area contributed by atoms with Gasteiger partial charge in [-0.05, 0) is 24.1 Å². The number of hydrogen-bond acceptors (Lipinski definition) is 2. The maximum absolute atomic E-state index is 11.8. The summed E-state index contributed by atoms with van der Waals surface area (Å²) in [6.45, 7) is 3.24. The van der Waals surface area contributed by atoms with Gasteiger partial charge in [0.25, 0.3) is 0 Å². The van der Waals surface area contributed by atoms with Crippen molar-refractivity contribution < 1.29 is 4.79 Å². The van der Waals surface area contributed by atoms with E-state index >= 15 is 0 Å². The molecule has 1 heterocycles. The van der Waals surface area contributed by atoms with Crippen LogP contribution in [0.15, 0.2) is 36.7 Å². The molecule has 0 bridgehead atoms. The summed E-state index contributed by atoms with van der Waals surface area (Å²) < 4.78 is 1.75. The number of anilines is 1. The highest BCUT2D eigenvalue weighted by atomic mass is 35.5. The lowest BCUT2D eigenvalue weighted by molar-refractivity contribution is 0.249. The normalized spacial score (nSPS) is 12.0. The SMILES string of the molecule is C[C@H](CNC(=O)Nc1cccc(Cl)c1)Cn1cc(Cl)cn1. The largest absolute Gasteiger partial charge is 0.338 e. The Hall–Kier alpha value is -1.72. The zero-order valence-electron chi connectivity index (χ0n) is 11.5. The molecule has 2 N–H and O–H groups in total. The number of rotatable bonds is 5. The van der Waals surface area contributed by atoms with Gasteiger partial charge in [0, 0.05) is 30.0 Å². The second-order valence-electron chi connectivity index (χ2n) is 4.83. The minimum Gasteiger partial charge on any atom is -0.338 e. The Bertz CT molecular complexity index is 615. The Balaban J connectivity index is 1.75. The van der Waals surface area contributed by atoms with Crippen LogP contribution in [0.4, 0.5) is 10.5 Å². The van der Waals surface area contributed by atoms with E-state index in [1.54, 1.807) is 41.3 Å². The molecule has 0 aliphatic heterocycles. The Labute approximate surface area is 133 Å². The molecule has 7 heteroatoms. The van der Waals surface area contributed by atoms with Crippen LogP contribution in [-0.4, -0.2) is 22.4 Å². The molecular formula is C14H16Cl2N4O. The van der Waals surface area contributed by atoms with Crippen molar-refractivity contribution in [3.05, 3.63) is 46.7 Å². The van der Waals surface area contributed by atoms with E-state index in [4.69, 9.17) is 23.2 Å². The third-order valence-corrected chi connectivity index (χ3v) is 3.22. The molecule has 0 aliphatic carbocycles. The lowest BCUT2D eigenvalue weighted by Gasteiger charge is -2.13. The summed E-state index contributed by atoms with van der Waals surface area (Å²) in [6, 6.07) is 6.74. The Morgan fingerprint density at radius 1 is 1.38 bits per heavy atom. The van der Waals surface area contributed by atoms with E-state index in [1.807, 2.05) is 6.92 Å². The maximum Gasteiger partial charge on any atom is 0.319 e. The zero-order chi connectivity index (χ0) is 15.2. The molecule has 0 saturated carbocycles. The fourth-order valence-corrected chi connectivity index (χ4v) is 2.18. The predicted molar refractivity (Wildman–Crippen MR) is 84.9 cm³/mol. The topological polar surface area (TPSA) is 59.0 Å². The van der Waals surface area contributed by atoms with E-state index in [2.05, 4.69) is 15.7 Å². The van der Waals surface area contributed by atoms with Crippen LogP contribution in [0.2, 0.25) is 10.0 Å². The van der Waals surface area contributed by atoms with E-state index in [0.29, 0.717) is 28.8 Å².